The molecular weight excluding hydrogens is 274 g/mol. The van der Waals surface area contributed by atoms with E-state index in [-0.39, 0.29) is 18.8 Å². The van der Waals surface area contributed by atoms with Crippen molar-refractivity contribution in [2.45, 2.75) is 64.8 Å². The Morgan fingerprint density at radius 1 is 1.00 bits per heavy atom. The third kappa shape index (κ3) is 9.05. The van der Waals surface area contributed by atoms with Gasteiger partial charge in [0, 0.05) is 6.42 Å². The average molecular weight is 301 g/mol. The molecule has 0 aromatic rings. The van der Waals surface area contributed by atoms with Crippen molar-refractivity contribution in [3.8, 4) is 0 Å². The number of hydrogen-bond donors (Lipinski definition) is 1. The second-order valence-electron chi connectivity index (χ2n) is 4.87. The van der Waals surface area contributed by atoms with Crippen molar-refractivity contribution in [2.75, 3.05) is 13.7 Å². The maximum Gasteiger partial charge on any atom is 0.407 e. The van der Waals surface area contributed by atoms with E-state index in [2.05, 4.69) is 17.0 Å². The van der Waals surface area contributed by atoms with Crippen LogP contribution in [0.1, 0.15) is 58.8 Å². The smallest absolute Gasteiger partial charge is 0.407 e. The molecule has 1 N–H and O–H groups in total. The second kappa shape index (κ2) is 12.2. The molecule has 0 saturated heterocycles. The minimum Gasteiger partial charge on any atom is -0.464 e. The normalized spacial score (nSPS) is 11.6. The number of esters is 1. The van der Waals surface area contributed by atoms with Crippen LogP contribution < -0.4 is 5.32 Å². The number of ketones is 1. The first-order chi connectivity index (χ1) is 10.1. The maximum absolute atomic E-state index is 12.1. The number of amides is 1. The third-order valence-corrected chi connectivity index (χ3v) is 3.02. The summed E-state index contributed by atoms with van der Waals surface area (Å²) in [5.74, 6) is -1.05. The zero-order chi connectivity index (χ0) is 16.1. The van der Waals surface area contributed by atoms with Crippen molar-refractivity contribution < 1.29 is 23.9 Å². The molecule has 1 atom stereocenters. The molecule has 0 bridgehead atoms. The summed E-state index contributed by atoms with van der Waals surface area (Å²) < 4.78 is 9.45. The van der Waals surface area contributed by atoms with Gasteiger partial charge >= 0.3 is 12.1 Å². The fourth-order valence-electron chi connectivity index (χ4n) is 1.72. The van der Waals surface area contributed by atoms with Crippen LogP contribution in [0.15, 0.2) is 0 Å². The van der Waals surface area contributed by atoms with Crippen molar-refractivity contribution in [3.63, 3.8) is 0 Å². The summed E-state index contributed by atoms with van der Waals surface area (Å²) in [6, 6.07) is -1.27. The minimum absolute atomic E-state index is 0.248. The highest BCUT2D eigenvalue weighted by molar-refractivity contribution is 6.05. The number of carbonyl (C=O) groups is 3. The van der Waals surface area contributed by atoms with Gasteiger partial charge in [-0.05, 0) is 12.8 Å². The Kier molecular flexibility index (Phi) is 11.3. The molecule has 0 aliphatic rings. The summed E-state index contributed by atoms with van der Waals surface area (Å²) in [5, 5.41) is 2.25. The molecule has 6 nitrogen and oxygen atoms in total. The minimum atomic E-state index is -1.27. The van der Waals surface area contributed by atoms with Crippen molar-refractivity contribution in [1.29, 1.82) is 0 Å². The van der Waals surface area contributed by atoms with Crippen LogP contribution in [-0.2, 0) is 19.1 Å². The van der Waals surface area contributed by atoms with Gasteiger partial charge in [0.15, 0.2) is 11.8 Å². The summed E-state index contributed by atoms with van der Waals surface area (Å²) in [5.41, 5.74) is 0. The predicted molar refractivity (Wildman–Crippen MR) is 79.0 cm³/mol. The molecule has 21 heavy (non-hydrogen) atoms. The lowest BCUT2D eigenvalue weighted by Crippen LogP contribution is -2.47. The van der Waals surface area contributed by atoms with Crippen LogP contribution in [-0.4, -0.2) is 37.6 Å². The quantitative estimate of drug-likeness (QED) is 0.360. The molecule has 0 aromatic heterocycles. The van der Waals surface area contributed by atoms with Gasteiger partial charge in [-0.15, -0.1) is 0 Å². The lowest BCUT2D eigenvalue weighted by molar-refractivity contribution is -0.149. The number of Topliss-reactive ketones (excluding diaryl/α,β-unsaturated/α-hetero) is 1. The van der Waals surface area contributed by atoms with Crippen LogP contribution in [0.4, 0.5) is 4.79 Å². The molecule has 1 unspecified atom stereocenters. The van der Waals surface area contributed by atoms with Gasteiger partial charge in [-0.3, -0.25) is 4.79 Å². The van der Waals surface area contributed by atoms with E-state index in [0.29, 0.717) is 6.42 Å². The van der Waals surface area contributed by atoms with Crippen LogP contribution in [0, 0.1) is 0 Å². The number of methoxy groups -OCH3 is 1. The SMILES string of the molecule is CCCCCCC(=O)C(NC(=O)OC)C(=O)OCCCC. The molecule has 0 rings (SSSR count). The van der Waals surface area contributed by atoms with Gasteiger partial charge in [-0.2, -0.15) is 0 Å². The molecule has 1 amide bonds. The highest BCUT2D eigenvalue weighted by Crippen LogP contribution is 2.06. The summed E-state index contributed by atoms with van der Waals surface area (Å²) >= 11 is 0. The Morgan fingerprint density at radius 2 is 1.67 bits per heavy atom. The highest BCUT2D eigenvalue weighted by atomic mass is 16.5. The van der Waals surface area contributed by atoms with Gasteiger partial charge in [-0.25, -0.2) is 9.59 Å². The van der Waals surface area contributed by atoms with E-state index in [0.717, 1.165) is 32.1 Å². The zero-order valence-electron chi connectivity index (χ0n) is 13.3. The molecule has 6 heteroatoms. The monoisotopic (exact) mass is 301 g/mol. The molecule has 0 radical (unpaired) electrons. The Hall–Kier alpha value is -1.59. The van der Waals surface area contributed by atoms with E-state index in [9.17, 15) is 14.4 Å². The van der Waals surface area contributed by atoms with E-state index in [1.165, 1.54) is 7.11 Å². The van der Waals surface area contributed by atoms with Crippen LogP contribution in [0.3, 0.4) is 0 Å². The number of unbranched alkanes of at least 4 members (excludes halogenated alkanes) is 4. The Bertz CT molecular complexity index is 330. The topological polar surface area (TPSA) is 81.7 Å². The number of alkyl carbamates (subject to hydrolysis) is 1. The summed E-state index contributed by atoms with van der Waals surface area (Å²) in [6.45, 7) is 4.29. The lowest BCUT2D eigenvalue weighted by atomic mass is 10.1. The van der Waals surface area contributed by atoms with Gasteiger partial charge in [0.25, 0.3) is 0 Å². The van der Waals surface area contributed by atoms with Gasteiger partial charge in [0.1, 0.15) is 0 Å². The van der Waals surface area contributed by atoms with Crippen LogP contribution in [0.25, 0.3) is 0 Å². The van der Waals surface area contributed by atoms with E-state index < -0.39 is 18.1 Å². The van der Waals surface area contributed by atoms with Crippen LogP contribution in [0.2, 0.25) is 0 Å². The number of ether oxygens (including phenoxy) is 2. The fraction of sp³-hybridized carbons (Fsp3) is 0.800. The molecule has 0 aromatic carbocycles. The second-order valence-corrected chi connectivity index (χ2v) is 4.87. The highest BCUT2D eigenvalue weighted by Gasteiger charge is 2.29. The molecule has 0 spiro atoms. The number of nitrogens with one attached hydrogen (secondary N) is 1. The molecule has 122 valence electrons. The first kappa shape index (κ1) is 19.4. The molecule has 0 aliphatic heterocycles. The van der Waals surface area contributed by atoms with E-state index >= 15 is 0 Å². The van der Waals surface area contributed by atoms with Crippen molar-refractivity contribution in [1.82, 2.24) is 5.32 Å². The number of rotatable bonds is 11. The Balaban J connectivity index is 4.45. The first-order valence-electron chi connectivity index (χ1n) is 7.60. The summed E-state index contributed by atoms with van der Waals surface area (Å²) in [7, 11) is 1.18. The Labute approximate surface area is 126 Å². The largest absolute Gasteiger partial charge is 0.464 e. The molecule has 0 aliphatic carbocycles. The van der Waals surface area contributed by atoms with Crippen molar-refractivity contribution in [2.24, 2.45) is 0 Å². The number of carbonyl (C=O) groups excluding carboxylic acids is 3. The fourth-order valence-corrected chi connectivity index (χ4v) is 1.72. The summed E-state index contributed by atoms with van der Waals surface area (Å²) in [4.78, 5) is 35.2. The first-order valence-corrected chi connectivity index (χ1v) is 7.60. The van der Waals surface area contributed by atoms with Crippen LogP contribution in [0.5, 0.6) is 0 Å². The van der Waals surface area contributed by atoms with Crippen molar-refractivity contribution in [3.05, 3.63) is 0 Å². The molecule has 0 heterocycles. The van der Waals surface area contributed by atoms with Crippen molar-refractivity contribution >= 4 is 17.8 Å². The number of hydrogen-bond acceptors (Lipinski definition) is 5. The van der Waals surface area contributed by atoms with Gasteiger partial charge in [-0.1, -0.05) is 39.5 Å². The summed E-state index contributed by atoms with van der Waals surface area (Å²) in [6.07, 6.45) is 4.79. The lowest BCUT2D eigenvalue weighted by Gasteiger charge is -2.16. The predicted octanol–water partition coefficient (Wildman–Crippen LogP) is 2.59. The van der Waals surface area contributed by atoms with Gasteiger partial charge in [0.2, 0.25) is 0 Å². The maximum atomic E-state index is 12.1. The third-order valence-electron chi connectivity index (χ3n) is 3.02. The standard InChI is InChI=1S/C15H27NO5/c1-4-6-8-9-10-12(17)13(16-15(19)20-3)14(18)21-11-7-5-2/h13H,4-11H2,1-3H3,(H,16,19). The molecule has 0 saturated carbocycles. The molecular formula is C15H27NO5. The molecule has 0 fully saturated rings. The average Bonchev–Trinajstić information content (AvgIpc) is 2.48. The Morgan fingerprint density at radius 3 is 2.24 bits per heavy atom. The van der Waals surface area contributed by atoms with Gasteiger partial charge < -0.3 is 14.8 Å². The van der Waals surface area contributed by atoms with E-state index in [1.54, 1.807) is 0 Å². The van der Waals surface area contributed by atoms with Crippen LogP contribution >= 0.6 is 0 Å². The zero-order valence-corrected chi connectivity index (χ0v) is 13.3. The van der Waals surface area contributed by atoms with E-state index in [1.807, 2.05) is 6.92 Å². The van der Waals surface area contributed by atoms with Gasteiger partial charge in [0.05, 0.1) is 13.7 Å². The van der Waals surface area contributed by atoms with E-state index in [4.69, 9.17) is 4.74 Å².